The molecule has 0 aliphatic rings. The molecule has 3 rings (SSSR count). The first kappa shape index (κ1) is 19.4. The van der Waals surface area contributed by atoms with Crippen LogP contribution in [0.2, 0.25) is 25.7 Å². The van der Waals surface area contributed by atoms with Crippen LogP contribution in [0.4, 0.5) is 0 Å². The molecule has 0 bridgehead atoms. The highest BCUT2D eigenvalue weighted by Gasteiger charge is 2.14. The van der Waals surface area contributed by atoms with Gasteiger partial charge in [0.05, 0.1) is 12.8 Å². The summed E-state index contributed by atoms with van der Waals surface area (Å²) in [6.45, 7) is 8.39. The first-order valence-corrected chi connectivity index (χ1v) is 13.0. The first-order valence-electron chi connectivity index (χ1n) is 9.31. The minimum atomic E-state index is -1.09. The van der Waals surface area contributed by atoms with Gasteiger partial charge < -0.3 is 14.0 Å². The van der Waals surface area contributed by atoms with Crippen LogP contribution in [0.15, 0.2) is 60.8 Å². The van der Waals surface area contributed by atoms with Crippen LogP contribution >= 0.6 is 0 Å². The Morgan fingerprint density at radius 3 is 2.41 bits per heavy atom. The summed E-state index contributed by atoms with van der Waals surface area (Å²) >= 11 is 0. The Balaban J connectivity index is 1.87. The lowest BCUT2D eigenvalue weighted by molar-refractivity contribution is 0.0883. The summed E-state index contributed by atoms with van der Waals surface area (Å²) in [6, 6.07) is 19.4. The third-order valence-electron chi connectivity index (χ3n) is 4.40. The van der Waals surface area contributed by atoms with Crippen LogP contribution in [0.5, 0.6) is 5.75 Å². The lowest BCUT2D eigenvalue weighted by Gasteiger charge is -2.16. The number of rotatable bonds is 8. The number of imidazole rings is 1. The van der Waals surface area contributed by atoms with Crippen LogP contribution in [0.1, 0.15) is 0 Å². The number of aromatic nitrogens is 2. The van der Waals surface area contributed by atoms with Crippen molar-refractivity contribution in [3.63, 3.8) is 0 Å². The van der Waals surface area contributed by atoms with E-state index >= 15 is 0 Å². The number of hydrogen-bond acceptors (Lipinski definition) is 3. The van der Waals surface area contributed by atoms with Gasteiger partial charge in [-0.3, -0.25) is 0 Å². The van der Waals surface area contributed by atoms with Crippen molar-refractivity contribution in [1.82, 2.24) is 9.55 Å². The number of methoxy groups -OCH3 is 1. The lowest BCUT2D eigenvalue weighted by Crippen LogP contribution is -2.22. The number of benzene rings is 2. The molecule has 0 aliphatic heterocycles. The Kier molecular flexibility index (Phi) is 6.14. The monoisotopic (exact) mass is 380 g/mol. The standard InChI is InChI=1S/C22H28N2O2Si/c1-25-20-12-8-11-19(15-20)21-16-24(17-26-13-14-27(2,3)4)22(23-21)18-9-6-5-7-10-18/h5-12,15-16H,13-14,17H2,1-4H3. The average molecular weight is 381 g/mol. The van der Waals surface area contributed by atoms with E-state index in [-0.39, 0.29) is 0 Å². The number of hydrogen-bond donors (Lipinski definition) is 0. The molecule has 0 amide bonds. The molecule has 5 heteroatoms. The highest BCUT2D eigenvalue weighted by atomic mass is 28.3. The third-order valence-corrected chi connectivity index (χ3v) is 6.10. The van der Waals surface area contributed by atoms with Gasteiger partial charge in [0.1, 0.15) is 18.3 Å². The van der Waals surface area contributed by atoms with Crippen molar-refractivity contribution in [2.24, 2.45) is 0 Å². The first-order chi connectivity index (χ1) is 13.0. The topological polar surface area (TPSA) is 36.3 Å². The molecule has 4 nitrogen and oxygen atoms in total. The van der Waals surface area contributed by atoms with E-state index in [1.807, 2.05) is 36.4 Å². The molecule has 0 saturated carbocycles. The molecular weight excluding hydrogens is 352 g/mol. The molecule has 27 heavy (non-hydrogen) atoms. The molecular formula is C22H28N2O2Si. The molecule has 0 unspecified atom stereocenters. The quantitative estimate of drug-likeness (QED) is 0.380. The summed E-state index contributed by atoms with van der Waals surface area (Å²) < 4.78 is 13.4. The Morgan fingerprint density at radius 2 is 1.70 bits per heavy atom. The maximum atomic E-state index is 5.98. The lowest BCUT2D eigenvalue weighted by atomic mass is 10.1. The zero-order chi connectivity index (χ0) is 19.3. The molecule has 3 aromatic rings. The second kappa shape index (κ2) is 8.54. The van der Waals surface area contributed by atoms with Gasteiger partial charge in [0.2, 0.25) is 0 Å². The molecule has 1 aromatic heterocycles. The second-order valence-corrected chi connectivity index (χ2v) is 13.5. The summed E-state index contributed by atoms with van der Waals surface area (Å²) in [7, 11) is 0.585. The largest absolute Gasteiger partial charge is 0.497 e. The van der Waals surface area contributed by atoms with Crippen LogP contribution < -0.4 is 4.74 Å². The van der Waals surface area contributed by atoms with E-state index in [2.05, 4.69) is 48.6 Å². The van der Waals surface area contributed by atoms with Crippen molar-refractivity contribution in [2.45, 2.75) is 32.4 Å². The second-order valence-electron chi connectivity index (χ2n) is 7.87. The van der Waals surface area contributed by atoms with E-state index in [1.165, 1.54) is 0 Å². The molecule has 0 aliphatic carbocycles. The predicted octanol–water partition coefficient (Wildman–Crippen LogP) is 5.54. The van der Waals surface area contributed by atoms with Gasteiger partial charge in [0.15, 0.2) is 0 Å². The minimum absolute atomic E-state index is 0.506. The molecule has 0 saturated heterocycles. The molecule has 2 aromatic carbocycles. The minimum Gasteiger partial charge on any atom is -0.497 e. The summed E-state index contributed by atoms with van der Waals surface area (Å²) in [6.07, 6.45) is 2.06. The molecule has 1 heterocycles. The number of nitrogens with zero attached hydrogens (tertiary/aromatic N) is 2. The normalized spacial score (nSPS) is 11.6. The van der Waals surface area contributed by atoms with E-state index in [0.29, 0.717) is 6.73 Å². The predicted molar refractivity (Wildman–Crippen MR) is 114 cm³/mol. The van der Waals surface area contributed by atoms with Crippen molar-refractivity contribution in [3.8, 4) is 28.4 Å². The van der Waals surface area contributed by atoms with Crippen molar-refractivity contribution in [2.75, 3.05) is 13.7 Å². The van der Waals surface area contributed by atoms with Crippen molar-refractivity contribution in [1.29, 1.82) is 0 Å². The van der Waals surface area contributed by atoms with E-state index in [4.69, 9.17) is 14.5 Å². The molecule has 0 fully saturated rings. The van der Waals surface area contributed by atoms with Crippen molar-refractivity contribution in [3.05, 3.63) is 60.8 Å². The fourth-order valence-electron chi connectivity index (χ4n) is 2.79. The average Bonchev–Trinajstić information content (AvgIpc) is 3.09. The van der Waals surface area contributed by atoms with E-state index in [1.54, 1.807) is 7.11 Å². The molecule has 0 N–H and O–H groups in total. The van der Waals surface area contributed by atoms with Gasteiger partial charge in [-0.2, -0.15) is 0 Å². The van der Waals surface area contributed by atoms with Gasteiger partial charge in [-0.15, -0.1) is 0 Å². The Labute approximate surface area is 162 Å². The van der Waals surface area contributed by atoms with E-state index in [9.17, 15) is 0 Å². The maximum Gasteiger partial charge on any atom is 0.142 e. The van der Waals surface area contributed by atoms with Gasteiger partial charge in [0, 0.05) is 32.0 Å². The fraction of sp³-hybridized carbons (Fsp3) is 0.318. The third kappa shape index (κ3) is 5.31. The highest BCUT2D eigenvalue weighted by molar-refractivity contribution is 6.76. The Morgan fingerprint density at radius 1 is 0.963 bits per heavy atom. The van der Waals surface area contributed by atoms with Crippen molar-refractivity contribution < 1.29 is 9.47 Å². The van der Waals surface area contributed by atoms with Gasteiger partial charge in [-0.05, 0) is 18.2 Å². The fourth-order valence-corrected chi connectivity index (χ4v) is 3.55. The van der Waals surface area contributed by atoms with Gasteiger partial charge in [-0.25, -0.2) is 4.98 Å². The molecule has 0 radical (unpaired) electrons. The van der Waals surface area contributed by atoms with Crippen LogP contribution in [0.3, 0.4) is 0 Å². The summed E-state index contributed by atoms with van der Waals surface area (Å²) in [5.74, 6) is 1.75. The Bertz CT molecular complexity index is 870. The highest BCUT2D eigenvalue weighted by Crippen LogP contribution is 2.27. The summed E-state index contributed by atoms with van der Waals surface area (Å²) in [4.78, 5) is 4.89. The van der Waals surface area contributed by atoms with Crippen molar-refractivity contribution >= 4 is 8.07 Å². The number of ether oxygens (including phenoxy) is 2. The van der Waals surface area contributed by atoms with Crippen LogP contribution in [0, 0.1) is 0 Å². The van der Waals surface area contributed by atoms with Gasteiger partial charge in [-0.1, -0.05) is 62.1 Å². The van der Waals surface area contributed by atoms with Gasteiger partial charge >= 0.3 is 0 Å². The van der Waals surface area contributed by atoms with Crippen LogP contribution in [0.25, 0.3) is 22.6 Å². The summed E-state index contributed by atoms with van der Waals surface area (Å²) in [5.41, 5.74) is 3.04. The Hall–Kier alpha value is -2.37. The SMILES string of the molecule is COc1cccc(-c2cn(COCC[Si](C)(C)C)c(-c3ccccc3)n2)c1. The zero-order valence-corrected chi connectivity index (χ0v) is 17.6. The summed E-state index contributed by atoms with van der Waals surface area (Å²) in [5, 5.41) is 0. The maximum absolute atomic E-state index is 5.98. The van der Waals surface area contributed by atoms with Crippen LogP contribution in [-0.4, -0.2) is 31.3 Å². The molecule has 142 valence electrons. The zero-order valence-electron chi connectivity index (χ0n) is 16.6. The molecule has 0 atom stereocenters. The van der Waals surface area contributed by atoms with E-state index in [0.717, 1.165) is 41.0 Å². The van der Waals surface area contributed by atoms with E-state index < -0.39 is 8.07 Å². The van der Waals surface area contributed by atoms with Gasteiger partial charge in [0.25, 0.3) is 0 Å². The smallest absolute Gasteiger partial charge is 0.142 e. The molecule has 0 spiro atoms. The van der Waals surface area contributed by atoms with Crippen LogP contribution in [-0.2, 0) is 11.5 Å².